The number of hydrogen-bond acceptors (Lipinski definition) is 3. The maximum Gasteiger partial charge on any atom is 0.166 e. The Morgan fingerprint density at radius 3 is 2.77 bits per heavy atom. The van der Waals surface area contributed by atoms with E-state index in [1.54, 1.807) is 0 Å². The van der Waals surface area contributed by atoms with Crippen molar-refractivity contribution in [3.63, 3.8) is 0 Å². The molecule has 0 fully saturated rings. The van der Waals surface area contributed by atoms with Crippen LogP contribution in [0.3, 0.4) is 0 Å². The van der Waals surface area contributed by atoms with Gasteiger partial charge in [0.2, 0.25) is 0 Å². The van der Waals surface area contributed by atoms with Crippen molar-refractivity contribution >= 4 is 33.3 Å². The second-order valence-corrected chi connectivity index (χ2v) is 6.26. The Hall–Kier alpha value is -1.41. The minimum atomic E-state index is 0.669. The van der Waals surface area contributed by atoms with E-state index >= 15 is 0 Å². The molecule has 120 valence electrons. The Balaban J connectivity index is 1.61. The van der Waals surface area contributed by atoms with Crippen LogP contribution in [0.4, 0.5) is 0 Å². The van der Waals surface area contributed by atoms with Crippen LogP contribution < -0.4 is 10.6 Å². The van der Waals surface area contributed by atoms with E-state index in [-0.39, 0.29) is 0 Å². The Morgan fingerprint density at radius 2 is 2.14 bits per heavy atom. The van der Waals surface area contributed by atoms with Gasteiger partial charge in [0.25, 0.3) is 0 Å². The van der Waals surface area contributed by atoms with Gasteiger partial charge < -0.3 is 10.6 Å². The molecular weight excluding hydrogens is 364 g/mol. The van der Waals surface area contributed by atoms with Gasteiger partial charge in [0.15, 0.2) is 5.11 Å². The SMILES string of the molecule is CCn1cc(CNC(=S)NCCCn2cc(Br)c(C)n2)cn1. The molecule has 2 heterocycles. The average Bonchev–Trinajstić information content (AvgIpc) is 3.08. The fraction of sp³-hybridized carbons (Fsp3) is 0.500. The van der Waals surface area contributed by atoms with Crippen LogP contribution in [-0.2, 0) is 19.6 Å². The van der Waals surface area contributed by atoms with Crippen molar-refractivity contribution in [3.8, 4) is 0 Å². The van der Waals surface area contributed by atoms with Gasteiger partial charge in [-0.2, -0.15) is 10.2 Å². The number of nitrogens with one attached hydrogen (secondary N) is 2. The molecular formula is C14H21BrN6S. The summed E-state index contributed by atoms with van der Waals surface area (Å²) >= 11 is 8.73. The molecule has 0 aliphatic carbocycles. The van der Waals surface area contributed by atoms with E-state index in [1.165, 1.54) is 0 Å². The van der Waals surface area contributed by atoms with Crippen LogP contribution in [0.2, 0.25) is 0 Å². The molecule has 2 N–H and O–H groups in total. The molecule has 0 saturated heterocycles. The van der Waals surface area contributed by atoms with Crippen LogP contribution in [0.1, 0.15) is 24.6 Å². The molecule has 0 bridgehead atoms. The molecule has 8 heteroatoms. The second kappa shape index (κ2) is 8.28. The maximum atomic E-state index is 5.26. The number of nitrogens with zero attached hydrogens (tertiary/aromatic N) is 4. The third-order valence-electron chi connectivity index (χ3n) is 3.20. The van der Waals surface area contributed by atoms with Gasteiger partial charge in [-0.25, -0.2) is 0 Å². The lowest BCUT2D eigenvalue weighted by molar-refractivity contribution is 0.568. The molecule has 22 heavy (non-hydrogen) atoms. The summed E-state index contributed by atoms with van der Waals surface area (Å²) in [6.45, 7) is 7.30. The standard InChI is InChI=1S/C14H21BrN6S/c1-3-20-9-12(8-18-20)7-17-14(22)16-5-4-6-21-10-13(15)11(2)19-21/h8-10H,3-7H2,1-2H3,(H2,16,17,22). The summed E-state index contributed by atoms with van der Waals surface area (Å²) in [5, 5.41) is 15.7. The number of aryl methyl sites for hydroxylation is 3. The summed E-state index contributed by atoms with van der Waals surface area (Å²) < 4.78 is 4.89. The number of rotatable bonds is 7. The summed E-state index contributed by atoms with van der Waals surface area (Å²) in [5.74, 6) is 0. The van der Waals surface area contributed by atoms with E-state index in [2.05, 4.69) is 43.7 Å². The fourth-order valence-electron chi connectivity index (χ4n) is 1.97. The number of halogens is 1. The molecule has 0 aliphatic heterocycles. The van der Waals surface area contributed by atoms with Crippen molar-refractivity contribution in [1.82, 2.24) is 30.2 Å². The molecule has 0 atom stereocenters. The van der Waals surface area contributed by atoms with Crippen LogP contribution >= 0.6 is 28.1 Å². The van der Waals surface area contributed by atoms with Crippen LogP contribution in [-0.4, -0.2) is 31.2 Å². The fourth-order valence-corrected chi connectivity index (χ4v) is 2.46. The van der Waals surface area contributed by atoms with Gasteiger partial charge in [0.05, 0.1) is 16.4 Å². The zero-order valence-electron chi connectivity index (χ0n) is 12.8. The molecule has 0 saturated carbocycles. The Bertz CT molecular complexity index is 601. The first-order valence-corrected chi connectivity index (χ1v) is 8.51. The van der Waals surface area contributed by atoms with Gasteiger partial charge >= 0.3 is 0 Å². The highest BCUT2D eigenvalue weighted by molar-refractivity contribution is 9.10. The molecule has 0 aliphatic rings. The van der Waals surface area contributed by atoms with E-state index in [9.17, 15) is 0 Å². The lowest BCUT2D eigenvalue weighted by atomic mass is 10.3. The Kier molecular flexibility index (Phi) is 6.38. The summed E-state index contributed by atoms with van der Waals surface area (Å²) in [7, 11) is 0. The van der Waals surface area contributed by atoms with Crippen LogP contribution in [0, 0.1) is 6.92 Å². The van der Waals surface area contributed by atoms with Crippen molar-refractivity contribution in [2.45, 2.75) is 39.9 Å². The minimum absolute atomic E-state index is 0.669. The lowest BCUT2D eigenvalue weighted by Crippen LogP contribution is -2.35. The predicted octanol–water partition coefficient (Wildman–Crippen LogP) is 2.22. The third kappa shape index (κ3) is 5.10. The molecule has 0 amide bonds. The first-order chi connectivity index (χ1) is 10.6. The first kappa shape index (κ1) is 17.0. The quantitative estimate of drug-likeness (QED) is 0.566. The molecule has 2 aromatic rings. The van der Waals surface area contributed by atoms with E-state index in [0.29, 0.717) is 11.7 Å². The van der Waals surface area contributed by atoms with Gasteiger partial charge in [-0.05, 0) is 48.4 Å². The highest BCUT2D eigenvalue weighted by atomic mass is 79.9. The molecule has 0 unspecified atom stereocenters. The topological polar surface area (TPSA) is 59.7 Å². The lowest BCUT2D eigenvalue weighted by Gasteiger charge is -2.09. The summed E-state index contributed by atoms with van der Waals surface area (Å²) in [6, 6.07) is 0. The van der Waals surface area contributed by atoms with Crippen molar-refractivity contribution < 1.29 is 0 Å². The largest absolute Gasteiger partial charge is 0.363 e. The first-order valence-electron chi connectivity index (χ1n) is 7.31. The smallest absolute Gasteiger partial charge is 0.166 e. The summed E-state index contributed by atoms with van der Waals surface area (Å²) in [4.78, 5) is 0. The van der Waals surface area contributed by atoms with Crippen molar-refractivity contribution in [1.29, 1.82) is 0 Å². The predicted molar refractivity (Wildman–Crippen MR) is 94.6 cm³/mol. The number of hydrogen-bond donors (Lipinski definition) is 2. The maximum absolute atomic E-state index is 5.26. The monoisotopic (exact) mass is 384 g/mol. The number of thiocarbonyl (C=S) groups is 1. The van der Waals surface area contributed by atoms with Crippen molar-refractivity contribution in [2.75, 3.05) is 6.54 Å². The van der Waals surface area contributed by atoms with Gasteiger partial charge in [-0.3, -0.25) is 9.36 Å². The van der Waals surface area contributed by atoms with E-state index in [4.69, 9.17) is 12.2 Å². The molecule has 6 nitrogen and oxygen atoms in total. The molecule has 0 aromatic carbocycles. The van der Waals surface area contributed by atoms with Gasteiger partial charge in [-0.15, -0.1) is 0 Å². The summed E-state index contributed by atoms with van der Waals surface area (Å²) in [5.41, 5.74) is 2.14. The molecule has 2 aromatic heterocycles. The Morgan fingerprint density at radius 1 is 1.32 bits per heavy atom. The van der Waals surface area contributed by atoms with Crippen LogP contribution in [0.25, 0.3) is 0 Å². The van der Waals surface area contributed by atoms with Gasteiger partial charge in [0.1, 0.15) is 0 Å². The average molecular weight is 385 g/mol. The highest BCUT2D eigenvalue weighted by Gasteiger charge is 2.02. The number of aromatic nitrogens is 4. The van der Waals surface area contributed by atoms with Gasteiger partial charge in [0, 0.05) is 44.1 Å². The van der Waals surface area contributed by atoms with Crippen LogP contribution in [0.5, 0.6) is 0 Å². The minimum Gasteiger partial charge on any atom is -0.363 e. The van der Waals surface area contributed by atoms with E-state index in [1.807, 2.05) is 34.9 Å². The highest BCUT2D eigenvalue weighted by Crippen LogP contribution is 2.13. The summed E-state index contributed by atoms with van der Waals surface area (Å²) in [6.07, 6.45) is 6.84. The Labute approximate surface area is 144 Å². The van der Waals surface area contributed by atoms with Gasteiger partial charge in [-0.1, -0.05) is 0 Å². The second-order valence-electron chi connectivity index (χ2n) is 4.99. The van der Waals surface area contributed by atoms with E-state index < -0.39 is 0 Å². The molecule has 0 spiro atoms. The van der Waals surface area contributed by atoms with Crippen molar-refractivity contribution in [3.05, 3.63) is 34.3 Å². The zero-order chi connectivity index (χ0) is 15.9. The van der Waals surface area contributed by atoms with Crippen molar-refractivity contribution in [2.24, 2.45) is 0 Å². The van der Waals surface area contributed by atoms with E-state index in [0.717, 1.165) is 41.8 Å². The van der Waals surface area contributed by atoms with Crippen LogP contribution in [0.15, 0.2) is 23.1 Å². The normalized spacial score (nSPS) is 10.7. The molecule has 0 radical (unpaired) electrons. The zero-order valence-corrected chi connectivity index (χ0v) is 15.2. The third-order valence-corrected chi connectivity index (χ3v) is 4.27. The molecule has 2 rings (SSSR count).